The number of rotatable bonds is 8. The van der Waals surface area contributed by atoms with Crippen LogP contribution in [-0.2, 0) is 9.53 Å². The molecule has 0 spiro atoms. The van der Waals surface area contributed by atoms with Crippen LogP contribution < -0.4 is 0 Å². The maximum atomic E-state index is 14.3. The average Bonchev–Trinajstić information content (AvgIpc) is 3.52. The van der Waals surface area contributed by atoms with Crippen molar-refractivity contribution in [3.63, 3.8) is 0 Å². The Balaban J connectivity index is 1.61. The van der Waals surface area contributed by atoms with Gasteiger partial charge in [0.1, 0.15) is 12.4 Å². The third kappa shape index (κ3) is 5.35. The Morgan fingerprint density at radius 2 is 1.94 bits per heavy atom. The number of hydrogen-bond acceptors (Lipinski definition) is 5. The molecular formula is C25H23ClFN3O3S. The summed E-state index contributed by atoms with van der Waals surface area (Å²) in [5.74, 6) is -1.58. The normalized spacial score (nSPS) is 15.3. The van der Waals surface area contributed by atoms with Crippen molar-refractivity contribution < 1.29 is 18.7 Å². The summed E-state index contributed by atoms with van der Waals surface area (Å²) >= 11 is 7.61. The fourth-order valence-electron chi connectivity index (χ4n) is 3.77. The highest BCUT2D eigenvalue weighted by atomic mass is 35.5. The van der Waals surface area contributed by atoms with Gasteiger partial charge in [0.15, 0.2) is 0 Å². The fourth-order valence-corrected chi connectivity index (χ4v) is 4.62. The molecule has 0 radical (unpaired) electrons. The molecule has 0 unspecified atom stereocenters. The van der Waals surface area contributed by atoms with Gasteiger partial charge in [-0.15, -0.1) is 11.3 Å². The number of carbonyl (C=O) groups is 2. The van der Waals surface area contributed by atoms with E-state index in [9.17, 15) is 14.0 Å². The Kier molecular flexibility index (Phi) is 7.72. The highest BCUT2D eigenvalue weighted by Gasteiger charge is 2.35. The first-order valence-corrected chi connectivity index (χ1v) is 12.0. The largest absolute Gasteiger partial charge is 0.383 e. The molecule has 0 saturated carbocycles. The van der Waals surface area contributed by atoms with Crippen LogP contribution in [0.4, 0.5) is 4.39 Å². The molecule has 0 saturated heterocycles. The molecule has 1 aromatic heterocycles. The molecule has 0 N–H and O–H groups in total. The number of ether oxygens (including phenoxy) is 1. The Labute approximate surface area is 206 Å². The number of amides is 2. The molecule has 1 atom stereocenters. The van der Waals surface area contributed by atoms with Gasteiger partial charge in [0, 0.05) is 25.1 Å². The Hall–Kier alpha value is -3.07. The summed E-state index contributed by atoms with van der Waals surface area (Å²) in [4.78, 5) is 28.8. The van der Waals surface area contributed by atoms with Gasteiger partial charge in [-0.3, -0.25) is 9.59 Å². The number of nitrogens with zero attached hydrogens (tertiary/aromatic N) is 3. The number of carbonyl (C=O) groups excluding carboxylic acids is 2. The van der Waals surface area contributed by atoms with Gasteiger partial charge in [-0.05, 0) is 41.3 Å². The van der Waals surface area contributed by atoms with Crippen molar-refractivity contribution in [2.45, 2.75) is 12.5 Å². The minimum absolute atomic E-state index is 0.0927. The van der Waals surface area contributed by atoms with Crippen LogP contribution >= 0.6 is 22.9 Å². The smallest absolute Gasteiger partial charge is 0.262 e. The minimum Gasteiger partial charge on any atom is -0.383 e. The molecule has 0 aliphatic carbocycles. The van der Waals surface area contributed by atoms with Crippen LogP contribution in [0.2, 0.25) is 5.02 Å². The topological polar surface area (TPSA) is 62.2 Å². The zero-order valence-electron chi connectivity index (χ0n) is 18.5. The van der Waals surface area contributed by atoms with Gasteiger partial charge in [0.05, 0.1) is 28.8 Å². The molecule has 0 fully saturated rings. The molecule has 9 heteroatoms. The lowest BCUT2D eigenvalue weighted by Gasteiger charge is -2.27. The second kappa shape index (κ2) is 10.9. The summed E-state index contributed by atoms with van der Waals surface area (Å²) in [5, 5.41) is 8.61. The average molecular weight is 500 g/mol. The van der Waals surface area contributed by atoms with Gasteiger partial charge in [0.2, 0.25) is 0 Å². The van der Waals surface area contributed by atoms with Crippen molar-refractivity contribution in [2.75, 3.05) is 26.8 Å². The molecular weight excluding hydrogens is 477 g/mol. The molecule has 2 aromatic carbocycles. The fraction of sp³-hybridized carbons (Fsp3) is 0.240. The van der Waals surface area contributed by atoms with Gasteiger partial charge < -0.3 is 9.64 Å². The predicted molar refractivity (Wildman–Crippen MR) is 131 cm³/mol. The van der Waals surface area contributed by atoms with E-state index in [0.717, 1.165) is 16.2 Å². The van der Waals surface area contributed by atoms with Crippen LogP contribution in [0.5, 0.6) is 0 Å². The van der Waals surface area contributed by atoms with Gasteiger partial charge >= 0.3 is 0 Å². The quantitative estimate of drug-likeness (QED) is 0.438. The Morgan fingerprint density at radius 3 is 2.62 bits per heavy atom. The summed E-state index contributed by atoms with van der Waals surface area (Å²) in [5.41, 5.74) is 1.59. The summed E-state index contributed by atoms with van der Waals surface area (Å²) < 4.78 is 19.4. The maximum absolute atomic E-state index is 14.3. The molecule has 1 aliphatic rings. The van der Waals surface area contributed by atoms with Gasteiger partial charge in [-0.25, -0.2) is 9.40 Å². The van der Waals surface area contributed by atoms with E-state index in [4.69, 9.17) is 16.3 Å². The van der Waals surface area contributed by atoms with Crippen LogP contribution in [-0.4, -0.2) is 54.2 Å². The molecule has 1 aliphatic heterocycles. The van der Waals surface area contributed by atoms with Crippen molar-refractivity contribution >= 4 is 40.5 Å². The molecule has 6 nitrogen and oxygen atoms in total. The molecule has 2 amide bonds. The van der Waals surface area contributed by atoms with E-state index < -0.39 is 11.7 Å². The van der Waals surface area contributed by atoms with Crippen molar-refractivity contribution in [2.24, 2.45) is 5.10 Å². The van der Waals surface area contributed by atoms with Crippen LogP contribution in [0.3, 0.4) is 0 Å². The van der Waals surface area contributed by atoms with E-state index in [1.807, 2.05) is 29.6 Å². The summed E-state index contributed by atoms with van der Waals surface area (Å²) in [6.45, 7) is 0.0794. The third-order valence-corrected chi connectivity index (χ3v) is 6.68. The first-order valence-electron chi connectivity index (χ1n) is 10.7. The van der Waals surface area contributed by atoms with Crippen LogP contribution in [0.15, 0.2) is 71.1 Å². The zero-order chi connectivity index (χ0) is 24.1. The monoisotopic (exact) mass is 499 g/mol. The lowest BCUT2D eigenvalue weighted by Crippen LogP contribution is -2.43. The van der Waals surface area contributed by atoms with Crippen molar-refractivity contribution in [3.8, 4) is 0 Å². The first-order chi connectivity index (χ1) is 16.5. The minimum atomic E-state index is -0.638. The van der Waals surface area contributed by atoms with E-state index in [-0.39, 0.29) is 37.2 Å². The molecule has 176 valence electrons. The number of hydrogen-bond donors (Lipinski definition) is 0. The number of thiophene rings is 1. The van der Waals surface area contributed by atoms with E-state index in [0.29, 0.717) is 11.4 Å². The van der Waals surface area contributed by atoms with Crippen molar-refractivity contribution in [1.82, 2.24) is 9.91 Å². The first kappa shape index (κ1) is 24.1. The van der Waals surface area contributed by atoms with Crippen LogP contribution in [0.25, 0.3) is 0 Å². The SMILES string of the molecule is COCCN(CC(=O)N1N=C(c2cccs2)C[C@H]1c1ccc(Cl)cc1)C(=O)c1ccccc1F. The van der Waals surface area contributed by atoms with E-state index in [1.54, 1.807) is 29.5 Å². The van der Waals surface area contributed by atoms with Crippen molar-refractivity contribution in [3.05, 3.63) is 92.9 Å². The van der Waals surface area contributed by atoms with Crippen molar-refractivity contribution in [1.29, 1.82) is 0 Å². The highest BCUT2D eigenvalue weighted by molar-refractivity contribution is 7.12. The molecule has 2 heterocycles. The Morgan fingerprint density at radius 1 is 1.18 bits per heavy atom. The zero-order valence-corrected chi connectivity index (χ0v) is 20.1. The molecule has 34 heavy (non-hydrogen) atoms. The van der Waals surface area contributed by atoms with E-state index in [2.05, 4.69) is 5.10 Å². The second-order valence-corrected chi connectivity index (χ2v) is 9.12. The summed E-state index contributed by atoms with van der Waals surface area (Å²) in [6.07, 6.45) is 0.535. The number of halogens is 2. The lowest BCUT2D eigenvalue weighted by atomic mass is 10.0. The maximum Gasteiger partial charge on any atom is 0.262 e. The predicted octanol–water partition coefficient (Wildman–Crippen LogP) is 5.01. The van der Waals surface area contributed by atoms with Gasteiger partial charge in [0.25, 0.3) is 11.8 Å². The lowest BCUT2D eigenvalue weighted by molar-refractivity contribution is -0.133. The van der Waals surface area contributed by atoms with Gasteiger partial charge in [-0.2, -0.15) is 5.10 Å². The summed E-state index contributed by atoms with van der Waals surface area (Å²) in [6, 6.07) is 16.6. The Bertz CT molecular complexity index is 1180. The highest BCUT2D eigenvalue weighted by Crippen LogP contribution is 2.34. The van der Waals surface area contributed by atoms with Gasteiger partial charge in [-0.1, -0.05) is 41.9 Å². The molecule has 4 rings (SSSR count). The number of benzene rings is 2. The second-order valence-electron chi connectivity index (χ2n) is 7.73. The molecule has 3 aromatic rings. The van der Waals surface area contributed by atoms with Crippen LogP contribution in [0.1, 0.15) is 33.3 Å². The summed E-state index contributed by atoms with van der Waals surface area (Å²) in [7, 11) is 1.50. The van der Waals surface area contributed by atoms with Crippen LogP contribution in [0, 0.1) is 5.82 Å². The van der Waals surface area contributed by atoms with E-state index >= 15 is 0 Å². The number of methoxy groups -OCH3 is 1. The molecule has 0 bridgehead atoms. The number of hydrazone groups is 1. The van der Waals surface area contributed by atoms with E-state index in [1.165, 1.54) is 35.2 Å². The standard InChI is InChI=1S/C25H23ClFN3O3S/c1-33-13-12-29(25(32)19-5-2-3-6-20(19)27)16-24(31)30-22(17-8-10-18(26)11-9-17)15-21(28-30)23-7-4-14-34-23/h2-11,14,22H,12-13,15-16H2,1H3/t22-/m0/s1. The third-order valence-electron chi connectivity index (χ3n) is 5.51.